The van der Waals surface area contributed by atoms with Crippen molar-refractivity contribution in [3.05, 3.63) is 12.4 Å². The van der Waals surface area contributed by atoms with Crippen LogP contribution in [0.1, 0.15) is 25.3 Å². The standard InChI is InChI=1S/C14H19N5O2/c20-13-2-1-5-18(13)10-6-16-19(9-10)11-7-17(8-11)12-3-4-15-14(12)21/h6,9,11-12H,1-5,7-8H2,(H,15,21). The third-order valence-electron chi connectivity index (χ3n) is 4.70. The molecule has 0 aromatic carbocycles. The highest BCUT2D eigenvalue weighted by Gasteiger charge is 2.39. The molecule has 1 aromatic heterocycles. The summed E-state index contributed by atoms with van der Waals surface area (Å²) >= 11 is 0. The van der Waals surface area contributed by atoms with Gasteiger partial charge in [0.1, 0.15) is 0 Å². The molecule has 3 aliphatic rings. The van der Waals surface area contributed by atoms with E-state index in [0.717, 1.165) is 44.7 Å². The van der Waals surface area contributed by atoms with Gasteiger partial charge in [0.15, 0.2) is 0 Å². The Balaban J connectivity index is 1.39. The van der Waals surface area contributed by atoms with E-state index in [1.165, 1.54) is 0 Å². The lowest BCUT2D eigenvalue weighted by molar-refractivity contribution is -0.126. The Labute approximate surface area is 122 Å². The fraction of sp³-hybridized carbons (Fsp3) is 0.643. The molecule has 2 amide bonds. The summed E-state index contributed by atoms with van der Waals surface area (Å²) in [5, 5.41) is 7.27. The minimum Gasteiger partial charge on any atom is -0.355 e. The van der Waals surface area contributed by atoms with Crippen molar-refractivity contribution in [3.8, 4) is 0 Å². The number of amides is 2. The lowest BCUT2D eigenvalue weighted by Crippen LogP contribution is -2.54. The number of aromatic nitrogens is 2. The van der Waals surface area contributed by atoms with Gasteiger partial charge in [-0.05, 0) is 12.8 Å². The fourth-order valence-corrected chi connectivity index (χ4v) is 3.43. The van der Waals surface area contributed by atoms with E-state index in [9.17, 15) is 9.59 Å². The number of anilines is 1. The molecular weight excluding hydrogens is 270 g/mol. The topological polar surface area (TPSA) is 70.5 Å². The predicted molar refractivity (Wildman–Crippen MR) is 75.8 cm³/mol. The van der Waals surface area contributed by atoms with Gasteiger partial charge in [-0.25, -0.2) is 0 Å². The molecular formula is C14H19N5O2. The molecule has 21 heavy (non-hydrogen) atoms. The molecule has 4 rings (SSSR count). The molecule has 0 radical (unpaired) electrons. The Kier molecular flexibility index (Phi) is 2.95. The first kappa shape index (κ1) is 12.8. The molecule has 3 aliphatic heterocycles. The van der Waals surface area contributed by atoms with Crippen molar-refractivity contribution in [2.75, 3.05) is 31.1 Å². The molecule has 0 bridgehead atoms. The normalized spacial score (nSPS) is 27.2. The van der Waals surface area contributed by atoms with Crippen LogP contribution >= 0.6 is 0 Å². The maximum Gasteiger partial charge on any atom is 0.237 e. The first-order valence-electron chi connectivity index (χ1n) is 7.58. The number of carbonyl (C=O) groups excluding carboxylic acids is 2. The van der Waals surface area contributed by atoms with Crippen LogP contribution in [0.25, 0.3) is 0 Å². The second-order valence-corrected chi connectivity index (χ2v) is 6.03. The van der Waals surface area contributed by atoms with Crippen LogP contribution in [0.3, 0.4) is 0 Å². The summed E-state index contributed by atoms with van der Waals surface area (Å²) in [7, 11) is 0. The number of nitrogens with one attached hydrogen (secondary N) is 1. The van der Waals surface area contributed by atoms with Gasteiger partial charge in [0.05, 0.1) is 24.0 Å². The van der Waals surface area contributed by atoms with Crippen molar-refractivity contribution in [1.29, 1.82) is 0 Å². The van der Waals surface area contributed by atoms with Crippen LogP contribution in [0.4, 0.5) is 5.69 Å². The molecule has 112 valence electrons. The molecule has 1 N–H and O–H groups in total. The molecule has 7 heteroatoms. The molecule has 1 unspecified atom stereocenters. The van der Waals surface area contributed by atoms with Crippen molar-refractivity contribution in [1.82, 2.24) is 20.0 Å². The van der Waals surface area contributed by atoms with Gasteiger partial charge in [-0.3, -0.25) is 19.2 Å². The van der Waals surface area contributed by atoms with Crippen molar-refractivity contribution in [2.45, 2.75) is 31.3 Å². The van der Waals surface area contributed by atoms with Crippen LogP contribution < -0.4 is 10.2 Å². The maximum absolute atomic E-state index is 11.7. The van der Waals surface area contributed by atoms with E-state index >= 15 is 0 Å². The first-order valence-corrected chi connectivity index (χ1v) is 7.58. The number of carbonyl (C=O) groups is 2. The monoisotopic (exact) mass is 289 g/mol. The Bertz CT molecular complexity index is 578. The number of likely N-dealkylation sites (tertiary alicyclic amines) is 1. The minimum atomic E-state index is 0.0384. The van der Waals surface area contributed by atoms with Crippen LogP contribution in [-0.4, -0.2) is 58.7 Å². The molecule has 1 atom stereocenters. The smallest absolute Gasteiger partial charge is 0.237 e. The highest BCUT2D eigenvalue weighted by Crippen LogP contribution is 2.28. The molecule has 3 saturated heterocycles. The van der Waals surface area contributed by atoms with E-state index in [1.54, 1.807) is 6.20 Å². The summed E-state index contributed by atoms with van der Waals surface area (Å²) in [5.41, 5.74) is 0.898. The Morgan fingerprint density at radius 3 is 2.81 bits per heavy atom. The Morgan fingerprint density at radius 1 is 1.29 bits per heavy atom. The van der Waals surface area contributed by atoms with Gasteiger partial charge >= 0.3 is 0 Å². The van der Waals surface area contributed by atoms with Gasteiger partial charge in [0.25, 0.3) is 0 Å². The zero-order chi connectivity index (χ0) is 14.4. The fourth-order valence-electron chi connectivity index (χ4n) is 3.43. The highest BCUT2D eigenvalue weighted by atomic mass is 16.2. The zero-order valence-corrected chi connectivity index (χ0v) is 11.9. The zero-order valence-electron chi connectivity index (χ0n) is 11.9. The van der Waals surface area contributed by atoms with Gasteiger partial charge in [-0.1, -0.05) is 0 Å². The van der Waals surface area contributed by atoms with E-state index in [2.05, 4.69) is 15.3 Å². The summed E-state index contributed by atoms with van der Waals surface area (Å²) in [6.07, 6.45) is 6.20. The number of rotatable bonds is 3. The summed E-state index contributed by atoms with van der Waals surface area (Å²) in [4.78, 5) is 27.4. The van der Waals surface area contributed by atoms with Gasteiger partial charge in [0.2, 0.25) is 11.8 Å². The summed E-state index contributed by atoms with van der Waals surface area (Å²) in [6, 6.07) is 0.348. The molecule has 4 heterocycles. The molecule has 1 aromatic rings. The maximum atomic E-state index is 11.7. The summed E-state index contributed by atoms with van der Waals surface area (Å²) in [6.45, 7) is 3.29. The third kappa shape index (κ3) is 2.12. The van der Waals surface area contributed by atoms with E-state index in [0.29, 0.717) is 12.5 Å². The summed E-state index contributed by atoms with van der Waals surface area (Å²) < 4.78 is 1.93. The van der Waals surface area contributed by atoms with Crippen molar-refractivity contribution >= 4 is 17.5 Å². The molecule has 0 spiro atoms. The largest absolute Gasteiger partial charge is 0.355 e. The van der Waals surface area contributed by atoms with E-state index < -0.39 is 0 Å². The number of nitrogens with zero attached hydrogens (tertiary/aromatic N) is 4. The molecule has 7 nitrogen and oxygen atoms in total. The van der Waals surface area contributed by atoms with Gasteiger partial charge in [-0.15, -0.1) is 0 Å². The van der Waals surface area contributed by atoms with Crippen molar-refractivity contribution in [3.63, 3.8) is 0 Å². The van der Waals surface area contributed by atoms with Gasteiger partial charge in [-0.2, -0.15) is 5.10 Å². The van der Waals surface area contributed by atoms with Crippen LogP contribution in [0.5, 0.6) is 0 Å². The number of hydrogen-bond acceptors (Lipinski definition) is 4. The first-order chi connectivity index (χ1) is 10.2. The van der Waals surface area contributed by atoms with Crippen LogP contribution in [0.2, 0.25) is 0 Å². The van der Waals surface area contributed by atoms with E-state index in [-0.39, 0.29) is 17.9 Å². The van der Waals surface area contributed by atoms with Gasteiger partial charge < -0.3 is 10.2 Å². The predicted octanol–water partition coefficient (Wildman–Crippen LogP) is -0.245. The van der Waals surface area contributed by atoms with E-state index in [4.69, 9.17) is 0 Å². The highest BCUT2D eigenvalue weighted by molar-refractivity contribution is 5.95. The van der Waals surface area contributed by atoms with Crippen LogP contribution in [0, 0.1) is 0 Å². The summed E-state index contributed by atoms with van der Waals surface area (Å²) in [5.74, 6) is 0.338. The Morgan fingerprint density at radius 2 is 2.14 bits per heavy atom. The molecule has 3 fully saturated rings. The van der Waals surface area contributed by atoms with Crippen LogP contribution in [0.15, 0.2) is 12.4 Å². The lowest BCUT2D eigenvalue weighted by Gasteiger charge is -2.41. The van der Waals surface area contributed by atoms with Crippen LogP contribution in [-0.2, 0) is 9.59 Å². The average Bonchev–Trinajstić information content (AvgIpc) is 3.10. The van der Waals surface area contributed by atoms with Gasteiger partial charge in [0, 0.05) is 38.8 Å². The van der Waals surface area contributed by atoms with E-state index in [1.807, 2.05) is 15.8 Å². The molecule has 0 saturated carbocycles. The quantitative estimate of drug-likeness (QED) is 0.833. The number of hydrogen-bond donors (Lipinski definition) is 1. The van der Waals surface area contributed by atoms with Crippen molar-refractivity contribution in [2.24, 2.45) is 0 Å². The SMILES string of the molecule is O=C1NCCC1N1CC(n2cc(N3CCCC3=O)cn2)C1. The second kappa shape index (κ2) is 4.84. The third-order valence-corrected chi connectivity index (χ3v) is 4.70. The minimum absolute atomic E-state index is 0.0384. The lowest BCUT2D eigenvalue weighted by atomic mass is 10.0. The Hall–Kier alpha value is -1.89. The van der Waals surface area contributed by atoms with Crippen molar-refractivity contribution < 1.29 is 9.59 Å². The molecule has 0 aliphatic carbocycles. The second-order valence-electron chi connectivity index (χ2n) is 6.03. The average molecular weight is 289 g/mol.